The molecule has 0 saturated carbocycles. The maximum absolute atomic E-state index is 13.5. The van der Waals surface area contributed by atoms with Gasteiger partial charge in [-0.3, -0.25) is 24.6 Å². The number of hydrogen-bond donors (Lipinski definition) is 1. The van der Waals surface area contributed by atoms with Crippen molar-refractivity contribution >= 4 is 17.6 Å². The van der Waals surface area contributed by atoms with Crippen LogP contribution in [0.5, 0.6) is 5.75 Å². The van der Waals surface area contributed by atoms with Gasteiger partial charge in [-0.05, 0) is 18.2 Å². The zero-order chi connectivity index (χ0) is 14.7. The number of hydrogen-bond acceptors (Lipinski definition) is 5. The van der Waals surface area contributed by atoms with E-state index in [9.17, 15) is 18.8 Å². The highest BCUT2D eigenvalue weighted by Gasteiger charge is 2.24. The van der Waals surface area contributed by atoms with Crippen molar-refractivity contribution in [3.63, 3.8) is 0 Å². The summed E-state index contributed by atoms with van der Waals surface area (Å²) < 4.78 is 18.3. The second kappa shape index (κ2) is 5.79. The lowest BCUT2D eigenvalue weighted by Gasteiger charge is -2.24. The van der Waals surface area contributed by atoms with Gasteiger partial charge in [0.1, 0.15) is 0 Å². The Balaban J connectivity index is 2.06. The summed E-state index contributed by atoms with van der Waals surface area (Å²) in [6, 6.07) is 3.87. The molecule has 20 heavy (non-hydrogen) atoms. The van der Waals surface area contributed by atoms with Crippen LogP contribution in [-0.2, 0) is 9.59 Å². The van der Waals surface area contributed by atoms with E-state index < -0.39 is 17.6 Å². The number of imide groups is 1. The van der Waals surface area contributed by atoms with Gasteiger partial charge in [0.05, 0.1) is 26.7 Å². The fourth-order valence-electron chi connectivity index (χ4n) is 1.94. The number of benzene rings is 1. The van der Waals surface area contributed by atoms with E-state index in [1.807, 2.05) is 0 Å². The molecule has 1 aromatic carbocycles. The number of ether oxygens (including phenoxy) is 1. The van der Waals surface area contributed by atoms with Crippen molar-refractivity contribution in [1.29, 1.82) is 0 Å². The summed E-state index contributed by atoms with van der Waals surface area (Å²) in [6.45, 7) is -0.183. The van der Waals surface area contributed by atoms with E-state index in [0.717, 1.165) is 6.07 Å². The third kappa shape index (κ3) is 3.18. The molecule has 0 aliphatic carbocycles. The third-order valence-corrected chi connectivity index (χ3v) is 2.85. The molecular weight excluding hydrogens is 267 g/mol. The highest BCUT2D eigenvalue weighted by Crippen LogP contribution is 2.18. The van der Waals surface area contributed by atoms with E-state index >= 15 is 0 Å². The predicted octanol–water partition coefficient (Wildman–Crippen LogP) is -0.0246. The number of rotatable bonds is 4. The van der Waals surface area contributed by atoms with Gasteiger partial charge in [0.2, 0.25) is 11.8 Å². The normalized spacial score (nSPS) is 15.9. The molecule has 0 atom stereocenters. The van der Waals surface area contributed by atoms with Crippen LogP contribution in [0.1, 0.15) is 10.4 Å². The largest absolute Gasteiger partial charge is 0.494 e. The maximum Gasteiger partial charge on any atom is 0.240 e. The molecule has 0 spiro atoms. The maximum atomic E-state index is 13.5. The van der Waals surface area contributed by atoms with Crippen molar-refractivity contribution < 1.29 is 23.5 Å². The van der Waals surface area contributed by atoms with Gasteiger partial charge in [-0.1, -0.05) is 0 Å². The number of amides is 2. The van der Waals surface area contributed by atoms with Crippen LogP contribution in [0.2, 0.25) is 0 Å². The number of methoxy groups -OCH3 is 1. The van der Waals surface area contributed by atoms with E-state index in [2.05, 4.69) is 5.32 Å². The molecule has 0 radical (unpaired) electrons. The average Bonchev–Trinajstić information content (AvgIpc) is 2.37. The molecule has 1 N–H and O–H groups in total. The van der Waals surface area contributed by atoms with E-state index in [1.165, 1.54) is 24.1 Å². The first kappa shape index (κ1) is 14.1. The van der Waals surface area contributed by atoms with Gasteiger partial charge < -0.3 is 4.74 Å². The molecule has 0 aromatic heterocycles. The van der Waals surface area contributed by atoms with Gasteiger partial charge in [-0.2, -0.15) is 0 Å². The summed E-state index contributed by atoms with van der Waals surface area (Å²) >= 11 is 0. The number of nitrogens with zero attached hydrogens (tertiary/aromatic N) is 1. The molecule has 7 heteroatoms. The fraction of sp³-hybridized carbons (Fsp3) is 0.308. The van der Waals surface area contributed by atoms with Crippen molar-refractivity contribution in [1.82, 2.24) is 10.2 Å². The zero-order valence-corrected chi connectivity index (χ0v) is 10.8. The number of ketones is 1. The highest BCUT2D eigenvalue weighted by molar-refractivity contribution is 6.01. The molecule has 106 valence electrons. The van der Waals surface area contributed by atoms with Crippen LogP contribution in [0.25, 0.3) is 0 Å². The monoisotopic (exact) mass is 280 g/mol. The SMILES string of the molecule is COc1ccc(C(=O)CN2CC(=O)NC(=O)C2)cc1F. The number of halogens is 1. The summed E-state index contributed by atoms with van der Waals surface area (Å²) in [6.07, 6.45) is 0. The van der Waals surface area contributed by atoms with Crippen molar-refractivity contribution in [3.05, 3.63) is 29.6 Å². The minimum atomic E-state index is -0.634. The molecule has 0 unspecified atom stereocenters. The Morgan fingerprint density at radius 3 is 2.55 bits per heavy atom. The number of carbonyl (C=O) groups is 3. The van der Waals surface area contributed by atoms with Crippen LogP contribution in [-0.4, -0.2) is 49.2 Å². The van der Waals surface area contributed by atoms with E-state index in [0.29, 0.717) is 0 Å². The van der Waals surface area contributed by atoms with Crippen LogP contribution in [0.3, 0.4) is 0 Å². The third-order valence-electron chi connectivity index (χ3n) is 2.85. The second-order valence-corrected chi connectivity index (χ2v) is 4.39. The molecule has 0 bridgehead atoms. The zero-order valence-electron chi connectivity index (χ0n) is 10.8. The molecule has 1 saturated heterocycles. The average molecular weight is 280 g/mol. The van der Waals surface area contributed by atoms with Crippen LogP contribution >= 0.6 is 0 Å². The molecule has 2 amide bonds. The standard InChI is InChI=1S/C13H13FN2O4/c1-20-11-3-2-8(4-9(11)14)10(17)5-16-6-12(18)15-13(19)7-16/h2-4H,5-7H2,1H3,(H,15,18,19). The van der Waals surface area contributed by atoms with Gasteiger partial charge in [-0.25, -0.2) is 4.39 Å². The van der Waals surface area contributed by atoms with Gasteiger partial charge >= 0.3 is 0 Å². The number of Topliss-reactive ketones (excluding diaryl/α,β-unsaturated/α-hetero) is 1. The number of piperazine rings is 1. The lowest BCUT2D eigenvalue weighted by Crippen LogP contribution is -2.52. The number of nitrogens with one attached hydrogen (secondary N) is 1. The molecular formula is C13H13FN2O4. The van der Waals surface area contributed by atoms with E-state index in [1.54, 1.807) is 0 Å². The summed E-state index contributed by atoms with van der Waals surface area (Å²) in [7, 11) is 1.33. The minimum Gasteiger partial charge on any atom is -0.494 e. The summed E-state index contributed by atoms with van der Waals surface area (Å²) in [5.41, 5.74) is 0.168. The summed E-state index contributed by atoms with van der Waals surface area (Å²) in [5, 5.41) is 2.14. The molecule has 1 aromatic rings. The molecule has 1 aliphatic rings. The molecule has 6 nitrogen and oxygen atoms in total. The van der Waals surface area contributed by atoms with E-state index in [-0.39, 0.29) is 36.7 Å². The Hall–Kier alpha value is -2.28. The molecule has 2 rings (SSSR count). The lowest BCUT2D eigenvalue weighted by atomic mass is 10.1. The predicted molar refractivity (Wildman–Crippen MR) is 66.9 cm³/mol. The van der Waals surface area contributed by atoms with Gasteiger partial charge in [-0.15, -0.1) is 0 Å². The quantitative estimate of drug-likeness (QED) is 0.619. The van der Waals surface area contributed by atoms with E-state index in [4.69, 9.17) is 4.74 Å². The molecule has 1 fully saturated rings. The fourth-order valence-corrected chi connectivity index (χ4v) is 1.94. The first-order valence-corrected chi connectivity index (χ1v) is 5.91. The Bertz CT molecular complexity index is 557. The van der Waals surface area contributed by atoms with Crippen LogP contribution < -0.4 is 10.1 Å². The molecule has 1 aliphatic heterocycles. The Morgan fingerprint density at radius 2 is 2.00 bits per heavy atom. The van der Waals surface area contributed by atoms with Crippen molar-refractivity contribution in [3.8, 4) is 5.75 Å². The summed E-state index contributed by atoms with van der Waals surface area (Å²) in [4.78, 5) is 35.8. The van der Waals surface area contributed by atoms with Crippen molar-refractivity contribution in [2.45, 2.75) is 0 Å². The van der Waals surface area contributed by atoms with Crippen LogP contribution in [0.4, 0.5) is 4.39 Å². The van der Waals surface area contributed by atoms with Crippen molar-refractivity contribution in [2.75, 3.05) is 26.7 Å². The molecule has 1 heterocycles. The topological polar surface area (TPSA) is 75.7 Å². The number of carbonyl (C=O) groups excluding carboxylic acids is 3. The minimum absolute atomic E-state index is 0.0316. The smallest absolute Gasteiger partial charge is 0.240 e. The van der Waals surface area contributed by atoms with Crippen LogP contribution in [0.15, 0.2) is 18.2 Å². The first-order chi connectivity index (χ1) is 9.49. The van der Waals surface area contributed by atoms with Crippen molar-refractivity contribution in [2.24, 2.45) is 0 Å². The lowest BCUT2D eigenvalue weighted by molar-refractivity contribution is -0.135. The van der Waals surface area contributed by atoms with Gasteiger partial charge in [0, 0.05) is 5.56 Å². The first-order valence-electron chi connectivity index (χ1n) is 5.91. The summed E-state index contributed by atoms with van der Waals surface area (Å²) in [5.74, 6) is -1.85. The Kier molecular flexibility index (Phi) is 4.09. The second-order valence-electron chi connectivity index (χ2n) is 4.39. The van der Waals surface area contributed by atoms with Crippen LogP contribution in [0, 0.1) is 5.82 Å². The van der Waals surface area contributed by atoms with Gasteiger partial charge in [0.15, 0.2) is 17.3 Å². The Morgan fingerprint density at radius 1 is 1.35 bits per heavy atom. The van der Waals surface area contributed by atoms with Gasteiger partial charge in [0.25, 0.3) is 0 Å². The highest BCUT2D eigenvalue weighted by atomic mass is 19.1. The Labute approximate surface area is 114 Å².